The van der Waals surface area contributed by atoms with Gasteiger partial charge in [0.15, 0.2) is 0 Å². The molecule has 5 nitrogen and oxygen atoms in total. The molecule has 0 aliphatic carbocycles. The molecule has 1 aromatic rings. The Morgan fingerprint density at radius 2 is 1.91 bits per heavy atom. The van der Waals surface area contributed by atoms with Gasteiger partial charge in [0.25, 0.3) is 5.92 Å². The van der Waals surface area contributed by atoms with Crippen LogP contribution in [-0.4, -0.2) is 39.1 Å². The van der Waals surface area contributed by atoms with Crippen LogP contribution in [0.2, 0.25) is 0 Å². The lowest BCUT2D eigenvalue weighted by molar-refractivity contribution is -0.155. The SMILES string of the molecule is CC(C)(Cl)N(CC(F)(F)C(C)(C)O)c1ccc(C(N)=O)cn1. The lowest BCUT2D eigenvalue weighted by Crippen LogP contribution is -2.55. The third kappa shape index (κ3) is 4.27. The van der Waals surface area contributed by atoms with Crippen molar-refractivity contribution < 1.29 is 18.7 Å². The number of aliphatic hydroxyl groups is 1. The van der Waals surface area contributed by atoms with E-state index in [0.717, 1.165) is 18.7 Å². The van der Waals surface area contributed by atoms with Gasteiger partial charge in [0.2, 0.25) is 5.91 Å². The lowest BCUT2D eigenvalue weighted by Gasteiger charge is -2.40. The second-order valence-electron chi connectivity index (χ2n) is 6.03. The summed E-state index contributed by atoms with van der Waals surface area (Å²) in [5.74, 6) is -3.95. The summed E-state index contributed by atoms with van der Waals surface area (Å²) < 4.78 is 28.3. The van der Waals surface area contributed by atoms with Crippen LogP contribution in [0.3, 0.4) is 0 Å². The van der Waals surface area contributed by atoms with E-state index in [1.165, 1.54) is 32.2 Å². The van der Waals surface area contributed by atoms with Crippen LogP contribution in [0.4, 0.5) is 14.6 Å². The molecule has 1 rings (SSSR count). The molecular formula is C14H20ClF2N3O2. The maximum absolute atomic E-state index is 14.2. The summed E-state index contributed by atoms with van der Waals surface area (Å²) in [6, 6.07) is 2.76. The number of rotatable bonds is 6. The fraction of sp³-hybridized carbons (Fsp3) is 0.571. The van der Waals surface area contributed by atoms with E-state index in [4.69, 9.17) is 17.3 Å². The number of anilines is 1. The monoisotopic (exact) mass is 335 g/mol. The molecule has 8 heteroatoms. The van der Waals surface area contributed by atoms with Crippen molar-refractivity contribution in [3.05, 3.63) is 23.9 Å². The molecule has 1 heterocycles. The normalized spacial score (nSPS) is 13.1. The number of alkyl halides is 3. The van der Waals surface area contributed by atoms with Crippen LogP contribution >= 0.6 is 11.6 Å². The molecule has 0 atom stereocenters. The van der Waals surface area contributed by atoms with E-state index in [-0.39, 0.29) is 11.4 Å². The Bertz CT molecular complexity index is 537. The Hall–Kier alpha value is -1.47. The maximum Gasteiger partial charge on any atom is 0.292 e. The molecule has 1 amide bonds. The number of amides is 1. The van der Waals surface area contributed by atoms with Gasteiger partial charge in [-0.1, -0.05) is 11.6 Å². The summed E-state index contributed by atoms with van der Waals surface area (Å²) in [4.78, 5) is 15.0. The number of halogens is 3. The lowest BCUT2D eigenvalue weighted by atomic mass is 9.99. The zero-order valence-corrected chi connectivity index (χ0v) is 13.7. The van der Waals surface area contributed by atoms with Gasteiger partial charge in [-0.25, -0.2) is 13.8 Å². The topological polar surface area (TPSA) is 79.5 Å². The minimum Gasteiger partial charge on any atom is -0.384 e. The predicted octanol–water partition coefficient (Wildman–Crippen LogP) is 2.37. The first kappa shape index (κ1) is 18.6. The molecule has 0 spiro atoms. The Labute approximate surface area is 133 Å². The molecule has 124 valence electrons. The number of nitrogens with two attached hydrogens (primary N) is 1. The number of aromatic nitrogens is 1. The highest BCUT2D eigenvalue weighted by Crippen LogP contribution is 2.34. The summed E-state index contributed by atoms with van der Waals surface area (Å²) in [5, 5.41) is 9.62. The molecule has 0 saturated heterocycles. The van der Waals surface area contributed by atoms with E-state index < -0.39 is 29.0 Å². The highest BCUT2D eigenvalue weighted by molar-refractivity contribution is 6.24. The van der Waals surface area contributed by atoms with Crippen LogP contribution in [0.25, 0.3) is 0 Å². The first-order valence-corrected chi connectivity index (χ1v) is 6.96. The maximum atomic E-state index is 14.2. The van der Waals surface area contributed by atoms with Gasteiger partial charge in [-0.3, -0.25) is 4.79 Å². The number of hydrogen-bond donors (Lipinski definition) is 2. The molecule has 0 bridgehead atoms. The Morgan fingerprint density at radius 3 is 2.23 bits per heavy atom. The molecule has 22 heavy (non-hydrogen) atoms. The van der Waals surface area contributed by atoms with Crippen LogP contribution in [-0.2, 0) is 0 Å². The van der Waals surface area contributed by atoms with Crippen molar-refractivity contribution in [3.8, 4) is 0 Å². The van der Waals surface area contributed by atoms with E-state index in [1.807, 2.05) is 0 Å². The van der Waals surface area contributed by atoms with E-state index in [0.29, 0.717) is 0 Å². The van der Waals surface area contributed by atoms with Gasteiger partial charge in [0, 0.05) is 6.20 Å². The number of carbonyl (C=O) groups excluding carboxylic acids is 1. The smallest absolute Gasteiger partial charge is 0.292 e. The predicted molar refractivity (Wildman–Crippen MR) is 81.3 cm³/mol. The van der Waals surface area contributed by atoms with Crippen molar-refractivity contribution in [1.29, 1.82) is 0 Å². The molecule has 0 aliphatic heterocycles. The average Bonchev–Trinajstić information content (AvgIpc) is 2.33. The third-order valence-electron chi connectivity index (χ3n) is 3.20. The van der Waals surface area contributed by atoms with E-state index in [1.54, 1.807) is 0 Å². The average molecular weight is 336 g/mol. The van der Waals surface area contributed by atoms with Gasteiger partial charge < -0.3 is 15.7 Å². The standard InChI is InChI=1S/C14H20ClF2N3O2/c1-12(2,22)14(16,17)8-20(13(3,4)15)10-6-5-9(7-19-10)11(18)21/h5-7,22H,8H2,1-4H3,(H2,18,21). The minimum absolute atomic E-state index is 0.147. The zero-order valence-electron chi connectivity index (χ0n) is 12.9. The number of hydrogen-bond acceptors (Lipinski definition) is 4. The first-order valence-electron chi connectivity index (χ1n) is 6.58. The summed E-state index contributed by atoms with van der Waals surface area (Å²) in [7, 11) is 0. The highest BCUT2D eigenvalue weighted by Gasteiger charge is 2.48. The van der Waals surface area contributed by atoms with E-state index in [2.05, 4.69) is 4.98 Å². The molecule has 0 aliphatic rings. The molecule has 3 N–H and O–H groups in total. The van der Waals surface area contributed by atoms with Gasteiger partial charge in [0.05, 0.1) is 12.1 Å². The second-order valence-corrected chi connectivity index (χ2v) is 6.95. The summed E-state index contributed by atoms with van der Waals surface area (Å²) >= 11 is 6.17. The van der Waals surface area contributed by atoms with Gasteiger partial charge in [-0.05, 0) is 39.8 Å². The largest absolute Gasteiger partial charge is 0.384 e. The van der Waals surface area contributed by atoms with Crippen LogP contribution in [0.15, 0.2) is 18.3 Å². The summed E-state index contributed by atoms with van der Waals surface area (Å²) in [6.45, 7) is 4.26. The van der Waals surface area contributed by atoms with Gasteiger partial charge in [-0.15, -0.1) is 0 Å². The van der Waals surface area contributed by atoms with Crippen LogP contribution in [0.5, 0.6) is 0 Å². The van der Waals surface area contributed by atoms with Crippen LogP contribution in [0, 0.1) is 0 Å². The first-order chi connectivity index (χ1) is 9.75. The molecule has 0 aromatic carbocycles. The van der Waals surface area contributed by atoms with Crippen molar-refractivity contribution in [2.24, 2.45) is 5.73 Å². The minimum atomic E-state index is -3.43. The quantitative estimate of drug-likeness (QED) is 0.618. The van der Waals surface area contributed by atoms with E-state index in [9.17, 15) is 18.7 Å². The van der Waals surface area contributed by atoms with Crippen molar-refractivity contribution in [1.82, 2.24) is 4.98 Å². The number of primary amides is 1. The molecule has 0 saturated carbocycles. The zero-order chi connectivity index (χ0) is 17.3. The van der Waals surface area contributed by atoms with Crippen molar-refractivity contribution >= 4 is 23.3 Å². The fourth-order valence-electron chi connectivity index (χ4n) is 1.62. The van der Waals surface area contributed by atoms with Crippen molar-refractivity contribution in [3.63, 3.8) is 0 Å². The van der Waals surface area contributed by atoms with Gasteiger partial charge in [0.1, 0.15) is 16.4 Å². The Balaban J connectivity index is 3.18. The number of carbonyl (C=O) groups is 1. The molecule has 0 radical (unpaired) electrons. The number of nitrogens with zero attached hydrogens (tertiary/aromatic N) is 2. The van der Waals surface area contributed by atoms with Gasteiger partial charge >= 0.3 is 0 Å². The number of pyridine rings is 1. The van der Waals surface area contributed by atoms with Crippen molar-refractivity contribution in [2.45, 2.75) is 44.2 Å². The summed E-state index contributed by atoms with van der Waals surface area (Å²) in [6.07, 6.45) is 1.19. The highest BCUT2D eigenvalue weighted by atomic mass is 35.5. The van der Waals surface area contributed by atoms with Gasteiger partial charge in [-0.2, -0.15) is 0 Å². The Kier molecular flexibility index (Phi) is 5.04. The second kappa shape index (κ2) is 5.96. The van der Waals surface area contributed by atoms with Crippen LogP contribution < -0.4 is 10.6 Å². The molecule has 1 aromatic heterocycles. The molecule has 0 fully saturated rings. The van der Waals surface area contributed by atoms with E-state index >= 15 is 0 Å². The Morgan fingerprint density at radius 1 is 1.36 bits per heavy atom. The molecule has 0 unspecified atom stereocenters. The molecular weight excluding hydrogens is 316 g/mol. The van der Waals surface area contributed by atoms with Crippen LogP contribution in [0.1, 0.15) is 38.1 Å². The van der Waals surface area contributed by atoms with Crippen molar-refractivity contribution in [2.75, 3.05) is 11.4 Å². The fourth-order valence-corrected chi connectivity index (χ4v) is 1.77. The summed E-state index contributed by atoms with van der Waals surface area (Å²) in [5.41, 5.74) is 3.05. The third-order valence-corrected chi connectivity index (χ3v) is 3.41.